The van der Waals surface area contributed by atoms with Crippen LogP contribution in [0.25, 0.3) is 22.2 Å². The monoisotopic (exact) mass is 576 g/mol. The fourth-order valence-corrected chi connectivity index (χ4v) is 4.73. The number of para-hydroxylation sites is 1. The Morgan fingerprint density at radius 1 is 1.14 bits per heavy atom. The minimum atomic E-state index is -4.76. The van der Waals surface area contributed by atoms with Gasteiger partial charge in [0.05, 0.1) is 17.9 Å². The van der Waals surface area contributed by atoms with Gasteiger partial charge in [-0.2, -0.15) is 18.3 Å². The van der Waals surface area contributed by atoms with Crippen molar-refractivity contribution in [3.8, 4) is 17.0 Å². The van der Waals surface area contributed by atoms with Gasteiger partial charge in [0.2, 0.25) is 5.91 Å². The van der Waals surface area contributed by atoms with Crippen LogP contribution in [-0.2, 0) is 30.7 Å². The number of nitrogens with one attached hydrogen (secondary N) is 2. The Morgan fingerprint density at radius 3 is 2.71 bits per heavy atom. The van der Waals surface area contributed by atoms with Crippen LogP contribution in [-0.4, -0.2) is 30.6 Å². The predicted octanol–water partition coefficient (Wildman–Crippen LogP) is 5.08. The van der Waals surface area contributed by atoms with Crippen molar-refractivity contribution in [1.29, 1.82) is 0 Å². The molecule has 0 spiro atoms. The fourth-order valence-electron chi connectivity index (χ4n) is 4.73. The fraction of sp³-hybridized carbons (Fsp3) is 0.233. The molecule has 1 aromatic carbocycles. The lowest BCUT2D eigenvalue weighted by molar-refractivity contribution is -0.139. The first-order chi connectivity index (χ1) is 20.0. The summed E-state index contributed by atoms with van der Waals surface area (Å²) >= 11 is 0. The summed E-state index contributed by atoms with van der Waals surface area (Å²) in [5, 5.41) is 10.9. The summed E-state index contributed by atoms with van der Waals surface area (Å²) in [6.07, 6.45) is -0.175. The smallest absolute Gasteiger partial charge is 0.421 e. The van der Waals surface area contributed by atoms with Gasteiger partial charge in [0.15, 0.2) is 0 Å². The van der Waals surface area contributed by atoms with Crippen molar-refractivity contribution in [3.05, 3.63) is 105 Å². The number of fused-ring (bicyclic) bond motifs is 1. The van der Waals surface area contributed by atoms with E-state index in [-0.39, 0.29) is 19.1 Å². The Balaban J connectivity index is 1.48. The maximum atomic E-state index is 13.3. The largest absolute Gasteiger partial charge is 0.487 e. The summed E-state index contributed by atoms with van der Waals surface area (Å²) < 4.78 is 47.2. The summed E-state index contributed by atoms with van der Waals surface area (Å²) in [4.78, 5) is 33.1. The molecule has 0 radical (unpaired) electrons. The minimum Gasteiger partial charge on any atom is -0.487 e. The number of halogens is 3. The number of hydrogen-bond acceptors (Lipinski definition) is 6. The minimum absolute atomic E-state index is 0.0446. The number of carbonyl (C=O) groups is 1. The highest BCUT2D eigenvalue weighted by Gasteiger charge is 2.34. The summed E-state index contributed by atoms with van der Waals surface area (Å²) in [6, 6.07) is 11.2. The number of aryl methyl sites for hydroxylation is 2. The Hall–Kier alpha value is -5.00. The zero-order valence-electron chi connectivity index (χ0n) is 23.0. The Labute approximate surface area is 238 Å². The lowest BCUT2D eigenvalue weighted by Crippen LogP contribution is -2.29. The Bertz CT molecular complexity index is 1840. The first-order valence-electron chi connectivity index (χ1n) is 13.0. The molecule has 9 nitrogen and oxygen atoms in total. The third-order valence-corrected chi connectivity index (χ3v) is 6.83. The van der Waals surface area contributed by atoms with Crippen LogP contribution >= 0.6 is 0 Å². The molecule has 5 aromatic rings. The third kappa shape index (κ3) is 5.87. The van der Waals surface area contributed by atoms with Crippen LogP contribution in [0.3, 0.4) is 0 Å². The highest BCUT2D eigenvalue weighted by Crippen LogP contribution is 2.34. The van der Waals surface area contributed by atoms with E-state index in [1.807, 2.05) is 32.0 Å². The molecule has 0 saturated heterocycles. The molecular formula is C30H27F3N6O3. The van der Waals surface area contributed by atoms with Crippen LogP contribution in [0.2, 0.25) is 0 Å². The number of nitrogens with zero attached hydrogens (tertiary/aromatic N) is 4. The summed E-state index contributed by atoms with van der Waals surface area (Å²) in [6.45, 7) is 5.34. The molecule has 12 heteroatoms. The molecule has 0 aliphatic rings. The molecule has 4 heterocycles. The van der Waals surface area contributed by atoms with E-state index in [1.165, 1.54) is 19.2 Å². The summed E-state index contributed by atoms with van der Waals surface area (Å²) in [5.41, 5.74) is 3.12. The molecular weight excluding hydrogens is 549 g/mol. The van der Waals surface area contributed by atoms with Gasteiger partial charge in [0, 0.05) is 59.8 Å². The Morgan fingerprint density at radius 2 is 1.95 bits per heavy atom. The van der Waals surface area contributed by atoms with Crippen molar-refractivity contribution in [1.82, 2.24) is 30.0 Å². The van der Waals surface area contributed by atoms with Crippen LogP contribution < -0.4 is 15.6 Å². The van der Waals surface area contributed by atoms with Crippen LogP contribution in [0, 0.1) is 13.8 Å². The van der Waals surface area contributed by atoms with Crippen LogP contribution in [0.5, 0.6) is 5.75 Å². The first kappa shape index (κ1) is 28.5. The predicted molar refractivity (Wildman–Crippen MR) is 150 cm³/mol. The number of aromatic nitrogens is 5. The average Bonchev–Trinajstić information content (AvgIpc) is 3.40. The molecule has 4 aromatic heterocycles. The van der Waals surface area contributed by atoms with Crippen LogP contribution in [0.4, 0.5) is 13.2 Å². The second kappa shape index (κ2) is 11.5. The number of amides is 1. The number of benzene rings is 1. The van der Waals surface area contributed by atoms with E-state index < -0.39 is 17.3 Å². The van der Waals surface area contributed by atoms with Gasteiger partial charge < -0.3 is 14.6 Å². The molecule has 0 fully saturated rings. The topological polar surface area (TPSA) is 115 Å². The molecule has 42 heavy (non-hydrogen) atoms. The van der Waals surface area contributed by atoms with Crippen molar-refractivity contribution in [2.24, 2.45) is 0 Å². The van der Waals surface area contributed by atoms with Crippen molar-refractivity contribution in [2.75, 3.05) is 0 Å². The molecule has 0 atom stereocenters. The normalized spacial score (nSPS) is 11.6. The van der Waals surface area contributed by atoms with Gasteiger partial charge >= 0.3 is 6.18 Å². The number of hydrogen-bond donors (Lipinski definition) is 2. The highest BCUT2D eigenvalue weighted by molar-refractivity contribution is 5.97. The quantitative estimate of drug-likeness (QED) is 0.266. The SMILES string of the molecule is CC(=O)NCc1c[nH]nc1-c1cc(C)nc2c(OCc3c(C)ccnc3Cn3cccc(C(F)(F)F)c3=O)cccc12. The molecule has 1 amide bonds. The number of ether oxygens (including phenoxy) is 1. The first-order valence-corrected chi connectivity index (χ1v) is 13.0. The Kier molecular flexibility index (Phi) is 7.79. The third-order valence-electron chi connectivity index (χ3n) is 6.83. The van der Waals surface area contributed by atoms with E-state index in [9.17, 15) is 22.8 Å². The number of alkyl halides is 3. The van der Waals surface area contributed by atoms with Gasteiger partial charge in [-0.1, -0.05) is 12.1 Å². The molecule has 0 saturated carbocycles. The number of pyridine rings is 3. The molecule has 5 rings (SSSR count). The van der Waals surface area contributed by atoms with Gasteiger partial charge in [0.25, 0.3) is 5.56 Å². The molecule has 0 unspecified atom stereocenters. The number of aromatic amines is 1. The van der Waals surface area contributed by atoms with Crippen molar-refractivity contribution in [3.63, 3.8) is 0 Å². The number of rotatable bonds is 8. The number of H-pyrrole nitrogens is 1. The zero-order chi connectivity index (χ0) is 30.0. The van der Waals surface area contributed by atoms with Crippen LogP contribution in [0.15, 0.2) is 65.8 Å². The lowest BCUT2D eigenvalue weighted by atomic mass is 10.0. The van der Waals surface area contributed by atoms with Gasteiger partial charge in [-0.25, -0.2) is 4.98 Å². The summed E-state index contributed by atoms with van der Waals surface area (Å²) in [7, 11) is 0. The van der Waals surface area contributed by atoms with Crippen molar-refractivity contribution < 1.29 is 22.7 Å². The molecule has 0 bridgehead atoms. The summed E-state index contributed by atoms with van der Waals surface area (Å²) in [5.74, 6) is 0.332. The van der Waals surface area contributed by atoms with Gasteiger partial charge in [-0.05, 0) is 49.7 Å². The van der Waals surface area contributed by atoms with E-state index >= 15 is 0 Å². The standard InChI is InChI=1S/C30H27F3N6O3/c1-17-9-10-34-25(15-39-11-5-7-24(29(39)41)30(31,32)33)23(17)16-42-26-8-4-6-21-22(12-18(2)37-28(21)26)27-20(14-36-38-27)13-35-19(3)40/h4-12,14H,13,15-16H2,1-3H3,(H,35,40)(H,36,38). The van der Waals surface area contributed by atoms with E-state index in [1.54, 1.807) is 24.5 Å². The van der Waals surface area contributed by atoms with Gasteiger partial charge in [-0.3, -0.25) is 19.7 Å². The van der Waals surface area contributed by atoms with Gasteiger partial charge in [-0.15, -0.1) is 0 Å². The molecule has 0 aliphatic heterocycles. The number of carbonyl (C=O) groups excluding carboxylic acids is 1. The average molecular weight is 577 g/mol. The van der Waals surface area contributed by atoms with E-state index in [4.69, 9.17) is 9.72 Å². The van der Waals surface area contributed by atoms with Crippen LogP contribution in [0.1, 0.15) is 40.6 Å². The maximum absolute atomic E-state index is 13.3. The molecule has 0 aliphatic carbocycles. The zero-order valence-corrected chi connectivity index (χ0v) is 23.0. The van der Waals surface area contributed by atoms with Gasteiger partial charge in [0.1, 0.15) is 23.4 Å². The second-order valence-corrected chi connectivity index (χ2v) is 9.83. The van der Waals surface area contributed by atoms with Crippen molar-refractivity contribution in [2.45, 2.75) is 46.6 Å². The lowest BCUT2D eigenvalue weighted by Gasteiger charge is -2.16. The highest BCUT2D eigenvalue weighted by atomic mass is 19.4. The molecule has 216 valence electrons. The van der Waals surface area contributed by atoms with E-state index in [0.717, 1.165) is 38.4 Å². The molecule has 2 N–H and O–H groups in total. The van der Waals surface area contributed by atoms with E-state index in [2.05, 4.69) is 20.5 Å². The maximum Gasteiger partial charge on any atom is 0.421 e. The van der Waals surface area contributed by atoms with E-state index in [0.29, 0.717) is 34.8 Å². The van der Waals surface area contributed by atoms with Crippen molar-refractivity contribution >= 4 is 16.8 Å². The second-order valence-electron chi connectivity index (χ2n) is 9.83.